The van der Waals surface area contributed by atoms with E-state index < -0.39 is 0 Å². The topological polar surface area (TPSA) is 53.1 Å². The molecule has 0 N–H and O–H groups in total. The van der Waals surface area contributed by atoms with Crippen molar-refractivity contribution in [3.8, 4) is 34.3 Å². The highest BCUT2D eigenvalue weighted by molar-refractivity contribution is 6.30. The van der Waals surface area contributed by atoms with Crippen LogP contribution in [-0.2, 0) is 6.61 Å². The molecule has 6 nitrogen and oxygen atoms in total. The molecular formula is C27H22Cl2N4O2. The predicted octanol–water partition coefficient (Wildman–Crippen LogP) is 2.46. The van der Waals surface area contributed by atoms with Gasteiger partial charge in [-0.2, -0.15) is 0 Å². The van der Waals surface area contributed by atoms with Crippen LogP contribution in [0.1, 0.15) is 5.56 Å². The van der Waals surface area contributed by atoms with Gasteiger partial charge in [0.05, 0.1) is 17.8 Å². The van der Waals surface area contributed by atoms with Crippen LogP contribution >= 0.6 is 11.6 Å². The molecular weight excluding hydrogens is 483 g/mol. The molecule has 0 radical (unpaired) electrons. The van der Waals surface area contributed by atoms with Crippen LogP contribution in [0.5, 0.6) is 11.5 Å². The van der Waals surface area contributed by atoms with Crippen molar-refractivity contribution in [2.24, 2.45) is 0 Å². The van der Waals surface area contributed by atoms with Gasteiger partial charge in [-0.3, -0.25) is 0 Å². The molecule has 4 aromatic carbocycles. The van der Waals surface area contributed by atoms with Gasteiger partial charge < -0.3 is 21.9 Å². The van der Waals surface area contributed by atoms with Crippen molar-refractivity contribution < 1.29 is 26.7 Å². The zero-order valence-electron chi connectivity index (χ0n) is 18.9. The average molecular weight is 505 g/mol. The summed E-state index contributed by atoms with van der Waals surface area (Å²) in [6.07, 6.45) is 0. The van der Waals surface area contributed by atoms with E-state index in [1.165, 1.54) is 0 Å². The molecule has 176 valence electrons. The molecule has 0 atom stereocenters. The van der Waals surface area contributed by atoms with Gasteiger partial charge in [-0.15, -0.1) is 0 Å². The number of tetrazole rings is 1. The number of hydrogen-bond acceptors (Lipinski definition) is 4. The van der Waals surface area contributed by atoms with Crippen LogP contribution in [0.25, 0.3) is 22.8 Å². The van der Waals surface area contributed by atoms with Crippen molar-refractivity contribution >= 4 is 11.6 Å². The van der Waals surface area contributed by atoms with Crippen LogP contribution in [0.3, 0.4) is 0 Å². The highest BCUT2D eigenvalue weighted by Gasteiger charge is 2.23. The van der Waals surface area contributed by atoms with Crippen LogP contribution in [0, 0.1) is 0 Å². The number of aromatic nitrogens is 4. The van der Waals surface area contributed by atoms with Gasteiger partial charge >= 0.3 is 5.82 Å². The molecule has 0 saturated heterocycles. The van der Waals surface area contributed by atoms with E-state index >= 15 is 0 Å². The zero-order chi connectivity index (χ0) is 23.3. The second-order valence-electron chi connectivity index (χ2n) is 7.58. The molecule has 0 unspecified atom stereocenters. The molecule has 1 aromatic heterocycles. The Morgan fingerprint density at radius 2 is 1.54 bits per heavy atom. The van der Waals surface area contributed by atoms with E-state index in [0.717, 1.165) is 34.0 Å². The van der Waals surface area contributed by atoms with Crippen LogP contribution in [0.4, 0.5) is 0 Å². The fourth-order valence-electron chi connectivity index (χ4n) is 3.49. The number of ether oxygens (including phenoxy) is 2. The second-order valence-corrected chi connectivity index (χ2v) is 8.02. The summed E-state index contributed by atoms with van der Waals surface area (Å²) in [4.78, 5) is 3.46. The molecule has 5 rings (SSSR count). The summed E-state index contributed by atoms with van der Waals surface area (Å²) in [5.41, 5.74) is 3.62. The number of methoxy groups -OCH3 is 1. The lowest BCUT2D eigenvalue weighted by molar-refractivity contribution is -0.734. The summed E-state index contributed by atoms with van der Waals surface area (Å²) in [6, 6.07) is 33.0. The first-order chi connectivity index (χ1) is 16.7. The maximum Gasteiger partial charge on any atom is 0.340 e. The largest absolute Gasteiger partial charge is 1.00 e. The van der Waals surface area contributed by atoms with Crippen LogP contribution in [0.15, 0.2) is 103 Å². The third-order valence-corrected chi connectivity index (χ3v) is 5.50. The summed E-state index contributed by atoms with van der Waals surface area (Å²) >= 11 is 6.25. The molecule has 0 saturated carbocycles. The highest BCUT2D eigenvalue weighted by atomic mass is 35.5. The van der Waals surface area contributed by atoms with Gasteiger partial charge in [0.2, 0.25) is 0 Å². The van der Waals surface area contributed by atoms with Gasteiger partial charge in [-0.25, -0.2) is 0 Å². The molecule has 0 aliphatic heterocycles. The molecule has 0 amide bonds. The summed E-state index contributed by atoms with van der Waals surface area (Å²) in [6.45, 7) is 0.513. The minimum absolute atomic E-state index is 0. The Morgan fingerprint density at radius 3 is 2.23 bits per heavy atom. The van der Waals surface area contributed by atoms with E-state index in [1.807, 2.05) is 103 Å². The highest BCUT2D eigenvalue weighted by Crippen LogP contribution is 2.21. The summed E-state index contributed by atoms with van der Waals surface area (Å²) in [7, 11) is 1.64. The second kappa shape index (κ2) is 11.0. The molecule has 35 heavy (non-hydrogen) atoms. The Labute approximate surface area is 214 Å². The number of nitrogens with zero attached hydrogens (tertiary/aromatic N) is 4. The van der Waals surface area contributed by atoms with Crippen molar-refractivity contribution in [3.05, 3.63) is 114 Å². The van der Waals surface area contributed by atoms with Crippen molar-refractivity contribution in [1.82, 2.24) is 15.0 Å². The molecule has 0 spiro atoms. The van der Waals surface area contributed by atoms with E-state index in [4.69, 9.17) is 31.3 Å². The first kappa shape index (κ1) is 24.3. The lowest BCUT2D eigenvalue weighted by Gasteiger charge is -2.05. The molecule has 0 fully saturated rings. The van der Waals surface area contributed by atoms with Gasteiger partial charge in [0.1, 0.15) is 23.8 Å². The smallest absolute Gasteiger partial charge is 0.340 e. The number of halogens is 2. The van der Waals surface area contributed by atoms with Crippen molar-refractivity contribution in [2.45, 2.75) is 6.61 Å². The Bertz CT molecular complexity index is 1390. The SMILES string of the molecule is COc1ccc(-[n+]2nc(-c3ccc(OCc4ccccc4)cc3)nn2-c2cccc(Cl)c2)cc1.[Cl-]. The number of benzene rings is 4. The predicted molar refractivity (Wildman–Crippen MR) is 131 cm³/mol. The van der Waals surface area contributed by atoms with Crippen LogP contribution < -0.4 is 26.7 Å². The molecule has 0 aliphatic rings. The quantitative estimate of drug-likeness (QED) is 0.319. The first-order valence-corrected chi connectivity index (χ1v) is 11.1. The maximum absolute atomic E-state index is 6.25. The van der Waals surface area contributed by atoms with Gasteiger partial charge in [-0.1, -0.05) is 48.0 Å². The Balaban J connectivity index is 0.00000289. The maximum atomic E-state index is 6.25. The molecule has 8 heteroatoms. The fraction of sp³-hybridized carbons (Fsp3) is 0.0741. The van der Waals surface area contributed by atoms with Gasteiger partial charge in [0.15, 0.2) is 5.69 Å². The molecule has 0 bridgehead atoms. The molecule has 5 aromatic rings. The third kappa shape index (κ3) is 5.62. The van der Waals surface area contributed by atoms with E-state index in [2.05, 4.69) is 0 Å². The minimum Gasteiger partial charge on any atom is -1.00 e. The third-order valence-electron chi connectivity index (χ3n) is 5.26. The Morgan fingerprint density at radius 1 is 0.829 bits per heavy atom. The zero-order valence-corrected chi connectivity index (χ0v) is 20.4. The van der Waals surface area contributed by atoms with E-state index in [1.54, 1.807) is 16.7 Å². The van der Waals surface area contributed by atoms with Crippen molar-refractivity contribution in [1.29, 1.82) is 0 Å². The summed E-state index contributed by atoms with van der Waals surface area (Å²) < 4.78 is 11.2. The van der Waals surface area contributed by atoms with E-state index in [-0.39, 0.29) is 12.4 Å². The van der Waals surface area contributed by atoms with Crippen molar-refractivity contribution in [2.75, 3.05) is 7.11 Å². The summed E-state index contributed by atoms with van der Waals surface area (Å²) in [5.74, 6) is 2.12. The lowest BCUT2D eigenvalue weighted by atomic mass is 10.2. The monoisotopic (exact) mass is 504 g/mol. The van der Waals surface area contributed by atoms with Gasteiger partial charge in [0, 0.05) is 9.82 Å². The number of hydrogen-bond donors (Lipinski definition) is 0. The van der Waals surface area contributed by atoms with Crippen LogP contribution in [-0.4, -0.2) is 22.1 Å². The van der Waals surface area contributed by atoms with E-state index in [9.17, 15) is 0 Å². The lowest BCUT2D eigenvalue weighted by Crippen LogP contribution is -3.00. The van der Waals surface area contributed by atoms with E-state index in [0.29, 0.717) is 17.5 Å². The standard InChI is InChI=1S/C27H22ClN4O2.ClH/c1-33-25-16-12-23(13-17-25)31-29-27(30-32(31)24-9-5-8-22(28)18-24)21-10-14-26(15-11-21)34-19-20-6-3-2-4-7-20;/h2-18H,19H2,1H3;1H/q+1;/p-1. The van der Waals surface area contributed by atoms with Gasteiger partial charge in [0.25, 0.3) is 0 Å². The Kier molecular flexibility index (Phi) is 7.65. The summed E-state index contributed by atoms with van der Waals surface area (Å²) in [5, 5.41) is 10.2. The molecule has 0 aliphatic carbocycles. The van der Waals surface area contributed by atoms with Crippen molar-refractivity contribution in [3.63, 3.8) is 0 Å². The van der Waals surface area contributed by atoms with Gasteiger partial charge in [-0.05, 0) is 82.2 Å². The fourth-order valence-corrected chi connectivity index (χ4v) is 3.68. The number of rotatable bonds is 7. The minimum atomic E-state index is 0. The average Bonchev–Trinajstić information content (AvgIpc) is 3.34. The normalized spacial score (nSPS) is 10.5. The first-order valence-electron chi connectivity index (χ1n) is 10.8. The Hall–Kier alpha value is -3.87. The van der Waals surface area contributed by atoms with Crippen LogP contribution in [0.2, 0.25) is 5.02 Å². The molecule has 1 heterocycles.